The van der Waals surface area contributed by atoms with Gasteiger partial charge in [-0.1, -0.05) is 30.3 Å². The summed E-state index contributed by atoms with van der Waals surface area (Å²) in [5, 5.41) is 5.50. The van der Waals surface area contributed by atoms with Gasteiger partial charge in [-0.25, -0.2) is 4.79 Å². The Kier molecular flexibility index (Phi) is 8.26. The second kappa shape index (κ2) is 10.4. The maximum atomic E-state index is 12.7. The number of rotatable bonds is 8. The second-order valence-corrected chi connectivity index (χ2v) is 8.01. The van der Waals surface area contributed by atoms with Gasteiger partial charge in [-0.3, -0.25) is 4.79 Å². The first kappa shape index (κ1) is 22.2. The molecule has 1 aromatic rings. The molecule has 0 aromatic heterocycles. The molecule has 1 aliphatic rings. The van der Waals surface area contributed by atoms with E-state index in [1.54, 1.807) is 27.7 Å². The summed E-state index contributed by atoms with van der Waals surface area (Å²) in [6.07, 6.45) is 0.741. The summed E-state index contributed by atoms with van der Waals surface area (Å²) in [6, 6.07) is 8.79. The van der Waals surface area contributed by atoms with Crippen molar-refractivity contribution in [3.8, 4) is 0 Å². The van der Waals surface area contributed by atoms with E-state index < -0.39 is 23.8 Å². The molecule has 1 fully saturated rings. The number of carbonyl (C=O) groups is 2. The number of amides is 2. The molecule has 2 amide bonds. The van der Waals surface area contributed by atoms with Crippen LogP contribution in [0.15, 0.2) is 30.3 Å². The van der Waals surface area contributed by atoms with Crippen LogP contribution < -0.4 is 10.6 Å². The maximum absolute atomic E-state index is 12.7. The SMILES string of the molecule is C[C@H](OCc1ccccc1)[C@@H](NC(=O)OC(C)(C)C)C(=O)NC[C@@H]1CCCO1. The first-order valence-corrected chi connectivity index (χ1v) is 9.79. The molecule has 7 nitrogen and oxygen atoms in total. The van der Waals surface area contributed by atoms with Crippen LogP contribution in [0.5, 0.6) is 0 Å². The van der Waals surface area contributed by atoms with Crippen molar-refractivity contribution in [3.05, 3.63) is 35.9 Å². The monoisotopic (exact) mass is 392 g/mol. The molecule has 0 bridgehead atoms. The van der Waals surface area contributed by atoms with E-state index >= 15 is 0 Å². The highest BCUT2D eigenvalue weighted by molar-refractivity contribution is 5.86. The van der Waals surface area contributed by atoms with Crippen LogP contribution in [-0.4, -0.2) is 49.0 Å². The van der Waals surface area contributed by atoms with Crippen molar-refractivity contribution in [2.45, 2.75) is 71.0 Å². The number of alkyl carbamates (subject to hydrolysis) is 1. The maximum Gasteiger partial charge on any atom is 0.408 e. The molecule has 28 heavy (non-hydrogen) atoms. The number of hydrogen-bond donors (Lipinski definition) is 2. The summed E-state index contributed by atoms with van der Waals surface area (Å²) in [4.78, 5) is 25.0. The molecule has 0 aliphatic carbocycles. The van der Waals surface area contributed by atoms with Gasteiger partial charge in [0.15, 0.2) is 0 Å². The van der Waals surface area contributed by atoms with Gasteiger partial charge >= 0.3 is 6.09 Å². The number of carbonyl (C=O) groups excluding carboxylic acids is 2. The van der Waals surface area contributed by atoms with E-state index in [-0.39, 0.29) is 12.0 Å². The van der Waals surface area contributed by atoms with Crippen molar-refractivity contribution in [1.82, 2.24) is 10.6 Å². The molecule has 3 atom stereocenters. The van der Waals surface area contributed by atoms with Gasteiger partial charge in [-0.05, 0) is 46.1 Å². The fourth-order valence-corrected chi connectivity index (χ4v) is 2.86. The molecular formula is C21H32N2O5. The van der Waals surface area contributed by atoms with Crippen molar-refractivity contribution in [1.29, 1.82) is 0 Å². The van der Waals surface area contributed by atoms with Crippen molar-refractivity contribution < 1.29 is 23.8 Å². The fraction of sp³-hybridized carbons (Fsp3) is 0.619. The molecule has 0 unspecified atom stereocenters. The third-order valence-electron chi connectivity index (χ3n) is 4.31. The average Bonchev–Trinajstić information content (AvgIpc) is 3.15. The average molecular weight is 392 g/mol. The van der Waals surface area contributed by atoms with Crippen LogP contribution in [0, 0.1) is 0 Å². The standard InChI is InChI=1S/C21H32N2O5/c1-15(27-14-16-9-6-5-7-10-16)18(23-20(25)28-21(2,3)4)19(24)22-13-17-11-8-12-26-17/h5-7,9-10,15,17-18H,8,11-14H2,1-4H3,(H,22,24)(H,23,25)/t15-,17-,18+/m0/s1. The lowest BCUT2D eigenvalue weighted by Crippen LogP contribution is -2.54. The summed E-state index contributed by atoms with van der Waals surface area (Å²) < 4.78 is 16.7. The van der Waals surface area contributed by atoms with Crippen molar-refractivity contribution in [2.75, 3.05) is 13.2 Å². The van der Waals surface area contributed by atoms with Crippen LogP contribution >= 0.6 is 0 Å². The number of nitrogens with one attached hydrogen (secondary N) is 2. The van der Waals surface area contributed by atoms with Gasteiger partial charge in [0.2, 0.25) is 5.91 Å². The first-order chi connectivity index (χ1) is 13.2. The summed E-state index contributed by atoms with van der Waals surface area (Å²) in [5.74, 6) is -0.318. The topological polar surface area (TPSA) is 85.9 Å². The predicted molar refractivity (Wildman–Crippen MR) is 106 cm³/mol. The molecule has 156 valence electrons. The summed E-state index contributed by atoms with van der Waals surface area (Å²) >= 11 is 0. The Balaban J connectivity index is 1.96. The largest absolute Gasteiger partial charge is 0.444 e. The number of benzene rings is 1. The van der Waals surface area contributed by atoms with E-state index in [1.165, 1.54) is 0 Å². The molecule has 0 spiro atoms. The van der Waals surface area contributed by atoms with Gasteiger partial charge in [0.05, 0.1) is 18.8 Å². The van der Waals surface area contributed by atoms with E-state index in [9.17, 15) is 9.59 Å². The van der Waals surface area contributed by atoms with Crippen molar-refractivity contribution in [2.24, 2.45) is 0 Å². The fourth-order valence-electron chi connectivity index (χ4n) is 2.86. The quantitative estimate of drug-likeness (QED) is 0.710. The van der Waals surface area contributed by atoms with Gasteiger partial charge in [-0.15, -0.1) is 0 Å². The third kappa shape index (κ3) is 7.86. The highest BCUT2D eigenvalue weighted by Crippen LogP contribution is 2.12. The van der Waals surface area contributed by atoms with Crippen LogP contribution in [0.1, 0.15) is 46.1 Å². The van der Waals surface area contributed by atoms with E-state index in [0.717, 1.165) is 25.0 Å². The number of ether oxygens (including phenoxy) is 3. The molecule has 0 radical (unpaired) electrons. The lowest BCUT2D eigenvalue weighted by atomic mass is 10.1. The van der Waals surface area contributed by atoms with Crippen LogP contribution in [0.4, 0.5) is 4.79 Å². The zero-order valence-electron chi connectivity index (χ0n) is 17.2. The minimum Gasteiger partial charge on any atom is -0.444 e. The van der Waals surface area contributed by atoms with Crippen LogP contribution in [0.2, 0.25) is 0 Å². The van der Waals surface area contributed by atoms with Crippen molar-refractivity contribution in [3.63, 3.8) is 0 Å². The summed E-state index contributed by atoms with van der Waals surface area (Å²) in [7, 11) is 0. The molecule has 1 aromatic carbocycles. The molecule has 1 heterocycles. The Morgan fingerprint density at radius 2 is 1.96 bits per heavy atom. The van der Waals surface area contributed by atoms with Gasteiger partial charge in [0, 0.05) is 13.2 Å². The van der Waals surface area contributed by atoms with Gasteiger partial charge < -0.3 is 24.8 Å². The minimum atomic E-state index is -0.875. The van der Waals surface area contributed by atoms with Crippen LogP contribution in [0.3, 0.4) is 0 Å². The second-order valence-electron chi connectivity index (χ2n) is 8.01. The van der Waals surface area contributed by atoms with Crippen molar-refractivity contribution >= 4 is 12.0 Å². The van der Waals surface area contributed by atoms with Gasteiger partial charge in [-0.2, -0.15) is 0 Å². The van der Waals surface area contributed by atoms with E-state index in [0.29, 0.717) is 13.2 Å². The summed E-state index contributed by atoms with van der Waals surface area (Å²) in [6.45, 7) is 8.55. The summed E-state index contributed by atoms with van der Waals surface area (Å²) in [5.41, 5.74) is 0.335. The lowest BCUT2D eigenvalue weighted by molar-refractivity contribution is -0.127. The molecule has 7 heteroatoms. The van der Waals surface area contributed by atoms with Crippen LogP contribution in [0.25, 0.3) is 0 Å². The highest BCUT2D eigenvalue weighted by atomic mass is 16.6. The Morgan fingerprint density at radius 1 is 1.25 bits per heavy atom. The molecular weight excluding hydrogens is 360 g/mol. The first-order valence-electron chi connectivity index (χ1n) is 9.79. The Morgan fingerprint density at radius 3 is 2.57 bits per heavy atom. The Labute approximate surface area is 167 Å². The molecule has 0 saturated carbocycles. The van der Waals surface area contributed by atoms with E-state index in [2.05, 4.69) is 10.6 Å². The van der Waals surface area contributed by atoms with E-state index in [4.69, 9.17) is 14.2 Å². The molecule has 1 saturated heterocycles. The normalized spacial score (nSPS) is 18.9. The third-order valence-corrected chi connectivity index (χ3v) is 4.31. The van der Waals surface area contributed by atoms with Gasteiger partial charge in [0.1, 0.15) is 11.6 Å². The van der Waals surface area contributed by atoms with E-state index in [1.807, 2.05) is 30.3 Å². The molecule has 2 rings (SSSR count). The zero-order valence-corrected chi connectivity index (χ0v) is 17.2. The molecule has 2 N–H and O–H groups in total. The predicted octanol–water partition coefficient (Wildman–Crippen LogP) is 2.78. The smallest absolute Gasteiger partial charge is 0.408 e. The zero-order chi connectivity index (χ0) is 20.6. The Bertz CT molecular complexity index is 623. The van der Waals surface area contributed by atoms with Gasteiger partial charge in [0.25, 0.3) is 0 Å². The minimum absolute atomic E-state index is 0.0201. The lowest BCUT2D eigenvalue weighted by Gasteiger charge is -2.27. The highest BCUT2D eigenvalue weighted by Gasteiger charge is 2.30. The van der Waals surface area contributed by atoms with Crippen LogP contribution in [-0.2, 0) is 25.6 Å². The Hall–Kier alpha value is -2.12. The number of hydrogen-bond acceptors (Lipinski definition) is 5. The molecule has 1 aliphatic heterocycles.